The molecule has 0 spiro atoms. The number of carbonyl (C=O) groups is 1. The van der Waals surface area contributed by atoms with Crippen LogP contribution < -0.4 is 0 Å². The molecule has 0 N–H and O–H groups in total. The Labute approximate surface area is 172 Å². The maximum Gasteiger partial charge on any atom is 0.323 e. The first-order valence-electron chi connectivity index (χ1n) is 10.7. The quantitative estimate of drug-likeness (QED) is 0.440. The number of benzene rings is 1. The third-order valence-corrected chi connectivity index (χ3v) is 11.0. The minimum absolute atomic E-state index is 0.0556. The molecule has 1 aromatic carbocycles. The number of piperidine rings is 1. The van der Waals surface area contributed by atoms with E-state index in [4.69, 9.17) is 9.16 Å². The molecule has 0 bridgehead atoms. The number of rotatable bonds is 7. The lowest BCUT2D eigenvalue weighted by molar-refractivity contribution is -0.154. The third-order valence-electron chi connectivity index (χ3n) is 6.48. The van der Waals surface area contributed by atoms with Crippen molar-refractivity contribution in [3.8, 4) is 0 Å². The second kappa shape index (κ2) is 9.55. The van der Waals surface area contributed by atoms with Crippen molar-refractivity contribution in [3.63, 3.8) is 0 Å². The van der Waals surface area contributed by atoms with Gasteiger partial charge in [0, 0.05) is 6.04 Å². The summed E-state index contributed by atoms with van der Waals surface area (Å²) in [6, 6.07) is 10.7. The number of nitrogens with zero attached hydrogens (tertiary/aromatic N) is 1. The van der Waals surface area contributed by atoms with Crippen molar-refractivity contribution in [2.24, 2.45) is 0 Å². The van der Waals surface area contributed by atoms with E-state index in [0.29, 0.717) is 19.3 Å². The normalized spacial score (nSPS) is 22.7. The van der Waals surface area contributed by atoms with Gasteiger partial charge in [0.2, 0.25) is 0 Å². The van der Waals surface area contributed by atoms with Gasteiger partial charge in [0.15, 0.2) is 8.32 Å². The third kappa shape index (κ3) is 5.46. The van der Waals surface area contributed by atoms with Gasteiger partial charge in [0.25, 0.3) is 0 Å². The van der Waals surface area contributed by atoms with E-state index in [1.54, 1.807) is 0 Å². The molecule has 0 aliphatic carbocycles. The summed E-state index contributed by atoms with van der Waals surface area (Å²) in [5.74, 6) is -0.0951. The second-order valence-corrected chi connectivity index (χ2v) is 14.3. The highest BCUT2D eigenvalue weighted by Crippen LogP contribution is 2.39. The molecule has 1 heterocycles. The molecule has 0 radical (unpaired) electrons. The predicted octanol–water partition coefficient (Wildman–Crippen LogP) is 5.56. The van der Waals surface area contributed by atoms with Gasteiger partial charge in [-0.05, 0) is 56.8 Å². The summed E-state index contributed by atoms with van der Waals surface area (Å²) in [5.41, 5.74) is 1.21. The fourth-order valence-electron chi connectivity index (χ4n) is 3.75. The Morgan fingerprint density at radius 3 is 2.43 bits per heavy atom. The van der Waals surface area contributed by atoms with Crippen molar-refractivity contribution in [1.82, 2.24) is 4.90 Å². The van der Waals surface area contributed by atoms with Crippen LogP contribution in [-0.2, 0) is 14.0 Å². The molecule has 0 aromatic heterocycles. The number of hydrogen-bond acceptors (Lipinski definition) is 4. The highest BCUT2D eigenvalue weighted by Gasteiger charge is 2.42. The second-order valence-electron chi connectivity index (χ2n) is 9.49. The fourth-order valence-corrected chi connectivity index (χ4v) is 4.76. The zero-order valence-corrected chi connectivity index (χ0v) is 19.8. The van der Waals surface area contributed by atoms with E-state index < -0.39 is 8.32 Å². The standard InChI is InChI=1S/C23H39NO3Si/c1-8-26-22(25)20-16-12-13-18(2)24(20)21(19-14-10-9-11-15-19)17-27-28(6,7)23(3,4)5/h9-11,14-15,18,20-21H,8,12-13,16-17H2,1-7H3/t18-,20-,21-/m0/s1. The van der Waals surface area contributed by atoms with Gasteiger partial charge in [-0.3, -0.25) is 9.69 Å². The molecule has 0 unspecified atom stereocenters. The van der Waals surface area contributed by atoms with Crippen LogP contribution in [0.1, 0.15) is 65.5 Å². The molecule has 1 aliphatic heterocycles. The first-order chi connectivity index (χ1) is 13.1. The van der Waals surface area contributed by atoms with E-state index in [1.165, 1.54) is 5.56 Å². The first kappa shape index (κ1) is 23.1. The Hall–Kier alpha value is -1.17. The zero-order chi connectivity index (χ0) is 20.9. The first-order valence-corrected chi connectivity index (χ1v) is 13.6. The van der Waals surface area contributed by atoms with Crippen LogP contribution in [0.2, 0.25) is 18.1 Å². The number of ether oxygens (including phenoxy) is 1. The number of carbonyl (C=O) groups excluding carboxylic acids is 1. The van der Waals surface area contributed by atoms with E-state index in [9.17, 15) is 4.79 Å². The molecule has 28 heavy (non-hydrogen) atoms. The van der Waals surface area contributed by atoms with Gasteiger partial charge in [0.1, 0.15) is 6.04 Å². The maximum atomic E-state index is 12.8. The predicted molar refractivity (Wildman–Crippen MR) is 118 cm³/mol. The minimum Gasteiger partial charge on any atom is -0.465 e. The topological polar surface area (TPSA) is 38.8 Å². The smallest absolute Gasteiger partial charge is 0.323 e. The van der Waals surface area contributed by atoms with Crippen LogP contribution in [-0.4, -0.2) is 44.5 Å². The van der Waals surface area contributed by atoms with Crippen LogP contribution in [0.15, 0.2) is 30.3 Å². The number of esters is 1. The Balaban J connectivity index is 2.35. The van der Waals surface area contributed by atoms with Gasteiger partial charge in [-0.2, -0.15) is 0 Å². The summed E-state index contributed by atoms with van der Waals surface area (Å²) >= 11 is 0. The van der Waals surface area contributed by atoms with Gasteiger partial charge >= 0.3 is 5.97 Å². The molecule has 1 saturated heterocycles. The van der Waals surface area contributed by atoms with Crippen LogP contribution in [0, 0.1) is 0 Å². The summed E-state index contributed by atoms with van der Waals surface area (Å²) in [6.45, 7) is 16.5. The monoisotopic (exact) mass is 405 g/mol. The van der Waals surface area contributed by atoms with E-state index >= 15 is 0 Å². The van der Waals surface area contributed by atoms with E-state index in [2.05, 4.69) is 70.0 Å². The summed E-state index contributed by atoms with van der Waals surface area (Å²) in [5, 5.41) is 0.155. The lowest BCUT2D eigenvalue weighted by Crippen LogP contribution is -2.53. The van der Waals surface area contributed by atoms with Crippen molar-refractivity contribution in [2.45, 2.75) is 90.1 Å². The van der Waals surface area contributed by atoms with Crippen LogP contribution in [0.25, 0.3) is 0 Å². The van der Waals surface area contributed by atoms with Crippen molar-refractivity contribution < 1.29 is 14.0 Å². The van der Waals surface area contributed by atoms with Crippen LogP contribution in [0.3, 0.4) is 0 Å². The van der Waals surface area contributed by atoms with Gasteiger partial charge in [-0.15, -0.1) is 0 Å². The van der Waals surface area contributed by atoms with E-state index in [0.717, 1.165) is 19.3 Å². The molecule has 4 nitrogen and oxygen atoms in total. The average molecular weight is 406 g/mol. The van der Waals surface area contributed by atoms with Gasteiger partial charge in [-0.1, -0.05) is 51.1 Å². The van der Waals surface area contributed by atoms with Crippen molar-refractivity contribution >= 4 is 14.3 Å². The highest BCUT2D eigenvalue weighted by atomic mass is 28.4. The lowest BCUT2D eigenvalue weighted by atomic mass is 9.92. The summed E-state index contributed by atoms with van der Waals surface area (Å²) < 4.78 is 12.1. The van der Waals surface area contributed by atoms with E-state index in [1.807, 2.05) is 13.0 Å². The number of likely N-dealkylation sites (tertiary alicyclic amines) is 1. The molecule has 2 rings (SSSR count). The fraction of sp³-hybridized carbons (Fsp3) is 0.696. The molecule has 1 fully saturated rings. The lowest BCUT2D eigenvalue weighted by Gasteiger charge is -2.46. The van der Waals surface area contributed by atoms with Crippen LogP contribution >= 0.6 is 0 Å². The van der Waals surface area contributed by atoms with E-state index in [-0.39, 0.29) is 23.1 Å². The Morgan fingerprint density at radius 2 is 1.86 bits per heavy atom. The maximum absolute atomic E-state index is 12.8. The molecule has 158 valence electrons. The minimum atomic E-state index is -1.89. The molecular weight excluding hydrogens is 366 g/mol. The summed E-state index contributed by atoms with van der Waals surface area (Å²) in [4.78, 5) is 15.1. The van der Waals surface area contributed by atoms with Crippen LogP contribution in [0.4, 0.5) is 0 Å². The average Bonchev–Trinajstić information content (AvgIpc) is 2.63. The Kier molecular flexibility index (Phi) is 7.88. The van der Waals surface area contributed by atoms with Crippen LogP contribution in [0.5, 0.6) is 0 Å². The van der Waals surface area contributed by atoms with Crippen molar-refractivity contribution in [2.75, 3.05) is 13.2 Å². The molecule has 0 amide bonds. The van der Waals surface area contributed by atoms with Crippen molar-refractivity contribution in [3.05, 3.63) is 35.9 Å². The van der Waals surface area contributed by atoms with Gasteiger partial charge in [-0.25, -0.2) is 0 Å². The van der Waals surface area contributed by atoms with Crippen molar-refractivity contribution in [1.29, 1.82) is 0 Å². The molecule has 3 atom stereocenters. The summed E-state index contributed by atoms with van der Waals surface area (Å²) in [7, 11) is -1.89. The Morgan fingerprint density at radius 1 is 1.21 bits per heavy atom. The molecule has 1 aromatic rings. The zero-order valence-electron chi connectivity index (χ0n) is 18.8. The molecular formula is C23H39NO3Si. The number of hydrogen-bond donors (Lipinski definition) is 0. The Bertz CT molecular complexity index is 626. The molecule has 0 saturated carbocycles. The van der Waals surface area contributed by atoms with Gasteiger partial charge in [0.05, 0.1) is 19.3 Å². The largest absolute Gasteiger partial charge is 0.465 e. The highest BCUT2D eigenvalue weighted by molar-refractivity contribution is 6.74. The molecule has 1 aliphatic rings. The molecule has 5 heteroatoms. The van der Waals surface area contributed by atoms with Gasteiger partial charge < -0.3 is 9.16 Å². The SMILES string of the molecule is CCOC(=O)[C@@H]1CCC[C@H](C)N1[C@@H](CO[Si](C)(C)C(C)(C)C)c1ccccc1. The summed E-state index contributed by atoms with van der Waals surface area (Å²) in [6.07, 6.45) is 3.01.